The molecule has 4 aliphatic rings. The second kappa shape index (κ2) is 12.5. The third-order valence-electron chi connectivity index (χ3n) is 11.4. The average Bonchev–Trinajstić information content (AvgIpc) is 3.76. The molecule has 10 rings (SSSR count). The summed E-state index contributed by atoms with van der Waals surface area (Å²) in [5, 5.41) is 2.42. The SMILES string of the molecule is C1=CCC(C2C=CC(N(C3=CC=CC4c5ccc6c(c5OC34)c3ccccc3n6-c3ccccc3)c3ccc(-c4ccccc4)cc3)CC2)C=C1. The first-order chi connectivity index (χ1) is 25.3. The van der Waals surface area contributed by atoms with Crippen LogP contribution in [0.1, 0.15) is 30.7 Å². The van der Waals surface area contributed by atoms with Crippen LogP contribution in [0.5, 0.6) is 5.75 Å². The minimum atomic E-state index is -0.124. The van der Waals surface area contributed by atoms with Crippen LogP contribution in [-0.4, -0.2) is 16.7 Å². The lowest BCUT2D eigenvalue weighted by molar-refractivity contribution is 0.251. The summed E-state index contributed by atoms with van der Waals surface area (Å²) >= 11 is 0. The topological polar surface area (TPSA) is 17.4 Å². The summed E-state index contributed by atoms with van der Waals surface area (Å²) in [4.78, 5) is 2.58. The number of ether oxygens (including phenoxy) is 1. The van der Waals surface area contributed by atoms with Gasteiger partial charge in [0, 0.05) is 28.2 Å². The normalized spacial score (nSPS) is 23.2. The van der Waals surface area contributed by atoms with Crippen molar-refractivity contribution in [3.63, 3.8) is 0 Å². The zero-order valence-electron chi connectivity index (χ0n) is 28.6. The smallest absolute Gasteiger partial charge is 0.149 e. The predicted molar refractivity (Wildman–Crippen MR) is 212 cm³/mol. The highest BCUT2D eigenvalue weighted by Gasteiger charge is 2.42. The van der Waals surface area contributed by atoms with E-state index in [9.17, 15) is 0 Å². The van der Waals surface area contributed by atoms with Crippen molar-refractivity contribution in [1.82, 2.24) is 4.57 Å². The van der Waals surface area contributed by atoms with Crippen LogP contribution in [0.2, 0.25) is 0 Å². The van der Waals surface area contributed by atoms with Crippen LogP contribution in [0.25, 0.3) is 38.6 Å². The van der Waals surface area contributed by atoms with E-state index in [1.165, 1.54) is 56.3 Å². The first kappa shape index (κ1) is 30.1. The average molecular weight is 661 g/mol. The van der Waals surface area contributed by atoms with Gasteiger partial charge in [0.1, 0.15) is 11.9 Å². The molecule has 5 unspecified atom stereocenters. The molecule has 51 heavy (non-hydrogen) atoms. The summed E-state index contributed by atoms with van der Waals surface area (Å²) in [5.74, 6) is 2.30. The fraction of sp³-hybridized carbons (Fsp3) is 0.167. The fourth-order valence-electron chi connectivity index (χ4n) is 8.98. The van der Waals surface area contributed by atoms with Crippen molar-refractivity contribution in [3.8, 4) is 22.6 Å². The molecule has 1 aliphatic heterocycles. The number of hydrogen-bond acceptors (Lipinski definition) is 2. The van der Waals surface area contributed by atoms with E-state index in [0.29, 0.717) is 11.8 Å². The number of hydrogen-bond donors (Lipinski definition) is 0. The molecule has 2 heterocycles. The van der Waals surface area contributed by atoms with Gasteiger partial charge in [-0.2, -0.15) is 0 Å². The van der Waals surface area contributed by atoms with E-state index in [0.717, 1.165) is 24.3 Å². The Bertz CT molecular complexity index is 2390. The van der Waals surface area contributed by atoms with Gasteiger partial charge >= 0.3 is 0 Å². The Morgan fingerprint density at radius 2 is 1.39 bits per heavy atom. The summed E-state index contributed by atoms with van der Waals surface area (Å²) in [6.45, 7) is 0. The second-order valence-corrected chi connectivity index (χ2v) is 14.3. The zero-order valence-corrected chi connectivity index (χ0v) is 28.6. The lowest BCUT2D eigenvalue weighted by atomic mass is 9.79. The van der Waals surface area contributed by atoms with Crippen molar-refractivity contribution in [2.75, 3.05) is 4.90 Å². The van der Waals surface area contributed by atoms with Crippen molar-refractivity contribution >= 4 is 27.5 Å². The highest BCUT2D eigenvalue weighted by Crippen LogP contribution is 2.51. The van der Waals surface area contributed by atoms with Crippen molar-refractivity contribution in [2.45, 2.75) is 37.3 Å². The highest BCUT2D eigenvalue weighted by atomic mass is 16.5. The molecule has 0 N–H and O–H groups in total. The van der Waals surface area contributed by atoms with Gasteiger partial charge in [0.05, 0.1) is 28.2 Å². The van der Waals surface area contributed by atoms with Gasteiger partial charge in [0.15, 0.2) is 0 Å². The lowest BCUT2D eigenvalue weighted by Gasteiger charge is -2.40. The van der Waals surface area contributed by atoms with Gasteiger partial charge in [-0.3, -0.25) is 0 Å². The molecule has 248 valence electrons. The lowest BCUT2D eigenvalue weighted by Crippen LogP contribution is -2.42. The summed E-state index contributed by atoms with van der Waals surface area (Å²) in [5.41, 5.74) is 9.69. The predicted octanol–water partition coefficient (Wildman–Crippen LogP) is 11.7. The van der Waals surface area contributed by atoms with Crippen molar-refractivity contribution in [2.24, 2.45) is 11.8 Å². The molecule has 0 saturated carbocycles. The Hall–Kier alpha value is -5.80. The van der Waals surface area contributed by atoms with E-state index in [4.69, 9.17) is 4.74 Å². The number of allylic oxidation sites excluding steroid dienone is 7. The van der Waals surface area contributed by atoms with Crippen LogP contribution < -0.4 is 9.64 Å². The summed E-state index contributed by atoms with van der Waals surface area (Å²) in [7, 11) is 0. The van der Waals surface area contributed by atoms with E-state index in [2.05, 4.69) is 185 Å². The van der Waals surface area contributed by atoms with Gasteiger partial charge < -0.3 is 14.2 Å². The number of anilines is 1. The molecule has 0 fully saturated rings. The number of nitrogens with zero attached hydrogens (tertiary/aromatic N) is 2. The molecule has 0 amide bonds. The molecule has 1 aromatic heterocycles. The summed E-state index contributed by atoms with van der Waals surface area (Å²) in [6.07, 6.45) is 24.2. The third-order valence-corrected chi connectivity index (χ3v) is 11.4. The monoisotopic (exact) mass is 660 g/mol. The van der Waals surface area contributed by atoms with Crippen molar-refractivity contribution in [3.05, 3.63) is 187 Å². The Morgan fingerprint density at radius 1 is 0.608 bits per heavy atom. The van der Waals surface area contributed by atoms with Gasteiger partial charge in [-0.25, -0.2) is 0 Å². The molecule has 6 aromatic rings. The van der Waals surface area contributed by atoms with Gasteiger partial charge in [0.25, 0.3) is 0 Å². The number of aromatic nitrogens is 1. The van der Waals surface area contributed by atoms with Crippen LogP contribution in [0, 0.1) is 11.8 Å². The maximum atomic E-state index is 7.28. The molecule has 3 aliphatic carbocycles. The molecule has 5 atom stereocenters. The molecule has 0 saturated heterocycles. The Labute approximate surface area is 299 Å². The molecule has 3 heteroatoms. The van der Waals surface area contributed by atoms with E-state index in [1.807, 2.05) is 0 Å². The molecule has 5 aromatic carbocycles. The summed E-state index contributed by atoms with van der Waals surface area (Å²) in [6, 6.07) is 44.1. The number of benzene rings is 5. The van der Waals surface area contributed by atoms with Gasteiger partial charge in [-0.05, 0) is 84.7 Å². The minimum Gasteiger partial charge on any atom is -0.482 e. The van der Waals surface area contributed by atoms with Gasteiger partial charge in [-0.15, -0.1) is 0 Å². The van der Waals surface area contributed by atoms with E-state index >= 15 is 0 Å². The third kappa shape index (κ3) is 5.10. The van der Waals surface area contributed by atoms with E-state index < -0.39 is 0 Å². The first-order valence-electron chi connectivity index (χ1n) is 18.4. The minimum absolute atomic E-state index is 0.124. The molecular formula is C48H40N2O. The van der Waals surface area contributed by atoms with Crippen LogP contribution in [0.4, 0.5) is 5.69 Å². The molecule has 3 nitrogen and oxygen atoms in total. The van der Waals surface area contributed by atoms with Crippen LogP contribution in [0.3, 0.4) is 0 Å². The van der Waals surface area contributed by atoms with Crippen LogP contribution in [0.15, 0.2) is 182 Å². The maximum absolute atomic E-state index is 7.28. The Balaban J connectivity index is 1.06. The number of rotatable bonds is 6. The second-order valence-electron chi connectivity index (χ2n) is 14.3. The van der Waals surface area contributed by atoms with E-state index in [1.54, 1.807) is 0 Å². The van der Waals surface area contributed by atoms with Gasteiger partial charge in [0.2, 0.25) is 0 Å². The standard InChI is InChI=1S/C48H40N2O/c1-4-13-33(14-5-1)35-23-27-38(28-24-35)49(39-29-25-36(26-30-39)34-15-6-2-7-16-34)45-22-12-20-40-41-31-32-44-46(48(41)51-47(40)45)42-19-10-11-21-43(42)50(44)37-17-8-3-9-18-37/h1-15,17-25,27-29,31-32,34,36,39-40,47H,16,26,30H2. The Morgan fingerprint density at radius 3 is 2.18 bits per heavy atom. The van der Waals surface area contributed by atoms with Crippen molar-refractivity contribution < 1.29 is 4.74 Å². The molecule has 0 radical (unpaired) electrons. The van der Waals surface area contributed by atoms with Crippen LogP contribution >= 0.6 is 0 Å². The number of fused-ring (bicyclic) bond motifs is 7. The van der Waals surface area contributed by atoms with Crippen molar-refractivity contribution in [1.29, 1.82) is 0 Å². The first-order valence-corrected chi connectivity index (χ1v) is 18.4. The molecule has 0 spiro atoms. The fourth-order valence-corrected chi connectivity index (χ4v) is 8.98. The molecular weight excluding hydrogens is 621 g/mol. The maximum Gasteiger partial charge on any atom is 0.149 e. The zero-order chi connectivity index (χ0) is 33.7. The largest absolute Gasteiger partial charge is 0.482 e. The number of para-hydroxylation sites is 2. The van der Waals surface area contributed by atoms with Gasteiger partial charge in [-0.1, -0.05) is 134 Å². The quantitative estimate of drug-likeness (QED) is 0.165. The highest BCUT2D eigenvalue weighted by molar-refractivity contribution is 6.13. The van der Waals surface area contributed by atoms with Crippen LogP contribution in [-0.2, 0) is 0 Å². The molecule has 0 bridgehead atoms. The Kier molecular flexibility index (Phi) is 7.37. The van der Waals surface area contributed by atoms with E-state index in [-0.39, 0.29) is 18.1 Å². The summed E-state index contributed by atoms with van der Waals surface area (Å²) < 4.78 is 9.66.